The molecule has 0 aliphatic carbocycles. The number of aliphatic carboxylic acids is 1. The van der Waals surface area contributed by atoms with Crippen molar-refractivity contribution in [1.82, 2.24) is 4.90 Å². The smallest absolute Gasteiger partial charge is 0.353 e. The van der Waals surface area contributed by atoms with Gasteiger partial charge >= 0.3 is 5.97 Å². The Labute approximate surface area is 85.0 Å². The van der Waals surface area contributed by atoms with Crippen molar-refractivity contribution in [1.29, 1.82) is 0 Å². The van der Waals surface area contributed by atoms with Crippen molar-refractivity contribution in [3.8, 4) is 0 Å². The Hall–Kier alpha value is -0.840. The monoisotopic (exact) mass is 215 g/mol. The summed E-state index contributed by atoms with van der Waals surface area (Å²) in [7, 11) is -1.10. The summed E-state index contributed by atoms with van der Waals surface area (Å²) in [5, 5.41) is 9.02. The third-order valence-electron chi connectivity index (χ3n) is 2.86. The Bertz CT molecular complexity index is 337. The molecule has 78 valence electrons. The highest BCUT2D eigenvalue weighted by Gasteiger charge is 2.42. The highest BCUT2D eigenvalue weighted by Crippen LogP contribution is 2.38. The number of carboxylic acids is 1. The summed E-state index contributed by atoms with van der Waals surface area (Å²) in [5.74, 6) is -0.420. The average Bonchev–Trinajstić information content (AvgIpc) is 2.37. The molecule has 0 saturated carbocycles. The SMILES string of the molecule is CCS(=O)C1=C(C(=O)O)N2CCC2C1. The van der Waals surface area contributed by atoms with E-state index in [1.807, 2.05) is 11.8 Å². The molecule has 2 unspecified atom stereocenters. The van der Waals surface area contributed by atoms with Crippen LogP contribution in [0.5, 0.6) is 0 Å². The molecule has 0 aromatic heterocycles. The Morgan fingerprint density at radius 1 is 1.71 bits per heavy atom. The van der Waals surface area contributed by atoms with Crippen LogP contribution in [0.3, 0.4) is 0 Å². The van der Waals surface area contributed by atoms with Gasteiger partial charge < -0.3 is 10.0 Å². The molecule has 5 heteroatoms. The van der Waals surface area contributed by atoms with Crippen LogP contribution < -0.4 is 0 Å². The third kappa shape index (κ3) is 1.27. The van der Waals surface area contributed by atoms with Gasteiger partial charge in [0.15, 0.2) is 0 Å². The van der Waals surface area contributed by atoms with E-state index in [1.165, 1.54) is 0 Å². The zero-order valence-corrected chi connectivity index (χ0v) is 8.84. The summed E-state index contributed by atoms with van der Waals surface area (Å²) in [4.78, 5) is 13.5. The lowest BCUT2D eigenvalue weighted by atomic mass is 10.0. The molecule has 0 aromatic rings. The lowest BCUT2D eigenvalue weighted by Gasteiger charge is -2.37. The molecular weight excluding hydrogens is 202 g/mol. The van der Waals surface area contributed by atoms with Crippen LogP contribution >= 0.6 is 0 Å². The lowest BCUT2D eigenvalue weighted by molar-refractivity contribution is -0.135. The van der Waals surface area contributed by atoms with Crippen molar-refractivity contribution < 1.29 is 14.1 Å². The number of carboxylic acid groups (broad SMARTS) is 1. The van der Waals surface area contributed by atoms with E-state index in [9.17, 15) is 9.00 Å². The Kier molecular flexibility index (Phi) is 2.34. The van der Waals surface area contributed by atoms with Gasteiger partial charge in [-0.2, -0.15) is 0 Å². The summed E-state index contributed by atoms with van der Waals surface area (Å²) in [6.07, 6.45) is 1.71. The van der Waals surface area contributed by atoms with E-state index in [0.717, 1.165) is 13.0 Å². The Morgan fingerprint density at radius 3 is 2.86 bits per heavy atom. The maximum absolute atomic E-state index is 11.6. The van der Waals surface area contributed by atoms with E-state index in [2.05, 4.69) is 0 Å². The fraction of sp³-hybridized carbons (Fsp3) is 0.667. The molecule has 0 spiro atoms. The summed E-state index contributed by atoms with van der Waals surface area (Å²) in [6, 6.07) is 0.312. The molecule has 4 nitrogen and oxygen atoms in total. The quantitative estimate of drug-likeness (QED) is 0.746. The first-order chi connectivity index (χ1) is 6.65. The molecule has 2 heterocycles. The van der Waals surface area contributed by atoms with Gasteiger partial charge in [0.25, 0.3) is 0 Å². The third-order valence-corrected chi connectivity index (χ3v) is 4.29. The molecule has 2 aliphatic rings. The van der Waals surface area contributed by atoms with Crippen LogP contribution in [0.4, 0.5) is 0 Å². The van der Waals surface area contributed by atoms with Crippen LogP contribution in [0.1, 0.15) is 19.8 Å². The van der Waals surface area contributed by atoms with Gasteiger partial charge in [-0.15, -0.1) is 0 Å². The first-order valence-electron chi connectivity index (χ1n) is 4.76. The van der Waals surface area contributed by atoms with Crippen LogP contribution in [0.2, 0.25) is 0 Å². The molecule has 2 rings (SSSR count). The fourth-order valence-corrected chi connectivity index (χ4v) is 3.18. The topological polar surface area (TPSA) is 57.6 Å². The molecule has 0 radical (unpaired) electrons. The number of nitrogens with zero attached hydrogens (tertiary/aromatic N) is 1. The molecule has 2 atom stereocenters. The van der Waals surface area contributed by atoms with Crippen LogP contribution in [-0.4, -0.2) is 38.5 Å². The molecule has 14 heavy (non-hydrogen) atoms. The molecule has 1 saturated heterocycles. The van der Waals surface area contributed by atoms with Gasteiger partial charge in [-0.3, -0.25) is 4.21 Å². The van der Waals surface area contributed by atoms with E-state index in [-0.39, 0.29) is 0 Å². The number of rotatable bonds is 3. The lowest BCUT2D eigenvalue weighted by Crippen LogP contribution is -2.44. The Morgan fingerprint density at radius 2 is 2.43 bits per heavy atom. The predicted molar refractivity (Wildman–Crippen MR) is 53.1 cm³/mol. The molecule has 0 amide bonds. The number of hydrogen-bond donors (Lipinski definition) is 1. The first kappa shape index (κ1) is 9.71. The van der Waals surface area contributed by atoms with Gasteiger partial charge in [0, 0.05) is 29.7 Å². The first-order valence-corrected chi connectivity index (χ1v) is 6.08. The summed E-state index contributed by atoms with van der Waals surface area (Å²) >= 11 is 0. The Balaban J connectivity index is 2.33. The molecule has 1 N–H and O–H groups in total. The molecule has 0 bridgehead atoms. The minimum atomic E-state index is -1.10. The van der Waals surface area contributed by atoms with Gasteiger partial charge in [0.1, 0.15) is 5.70 Å². The van der Waals surface area contributed by atoms with Crippen LogP contribution in [-0.2, 0) is 15.6 Å². The number of carbonyl (C=O) groups is 1. The standard InChI is InChI=1S/C9H13NO3S/c1-2-14(13)7-5-6-3-4-10(6)8(7)9(11)12/h6H,2-5H2,1H3,(H,11,12). The van der Waals surface area contributed by atoms with Gasteiger partial charge in [0.2, 0.25) is 0 Å². The van der Waals surface area contributed by atoms with Crippen molar-refractivity contribution in [2.75, 3.05) is 12.3 Å². The van der Waals surface area contributed by atoms with Crippen LogP contribution in [0.15, 0.2) is 10.6 Å². The normalized spacial score (nSPS) is 27.2. The second kappa shape index (κ2) is 3.38. The zero-order valence-electron chi connectivity index (χ0n) is 8.02. The highest BCUT2D eigenvalue weighted by atomic mass is 32.2. The predicted octanol–water partition coefficient (Wildman–Crippen LogP) is 0.529. The molecule has 1 fully saturated rings. The number of hydrogen-bond acceptors (Lipinski definition) is 3. The van der Waals surface area contributed by atoms with Crippen molar-refractivity contribution in [3.05, 3.63) is 10.6 Å². The van der Waals surface area contributed by atoms with Crippen LogP contribution in [0, 0.1) is 0 Å². The summed E-state index contributed by atoms with van der Waals surface area (Å²) in [5.41, 5.74) is 0.307. The maximum Gasteiger partial charge on any atom is 0.353 e. The van der Waals surface area contributed by atoms with E-state index in [4.69, 9.17) is 5.11 Å². The fourth-order valence-electron chi connectivity index (χ4n) is 2.04. The van der Waals surface area contributed by atoms with Gasteiger partial charge in [-0.1, -0.05) is 6.92 Å². The molecule has 2 aliphatic heterocycles. The highest BCUT2D eigenvalue weighted by molar-refractivity contribution is 7.89. The largest absolute Gasteiger partial charge is 0.477 e. The van der Waals surface area contributed by atoms with Gasteiger partial charge in [-0.25, -0.2) is 4.79 Å². The minimum absolute atomic E-state index is 0.307. The van der Waals surface area contributed by atoms with Crippen molar-refractivity contribution in [2.45, 2.75) is 25.8 Å². The summed E-state index contributed by atoms with van der Waals surface area (Å²) in [6.45, 7) is 2.62. The van der Waals surface area contributed by atoms with Crippen molar-refractivity contribution >= 4 is 16.8 Å². The maximum atomic E-state index is 11.6. The van der Waals surface area contributed by atoms with Crippen molar-refractivity contribution in [3.63, 3.8) is 0 Å². The number of fused-ring (bicyclic) bond motifs is 1. The van der Waals surface area contributed by atoms with E-state index in [1.54, 1.807) is 0 Å². The van der Waals surface area contributed by atoms with E-state index < -0.39 is 16.8 Å². The zero-order chi connectivity index (χ0) is 10.3. The summed E-state index contributed by atoms with van der Waals surface area (Å²) < 4.78 is 11.6. The molecule has 0 aromatic carbocycles. The van der Waals surface area contributed by atoms with E-state index in [0.29, 0.717) is 28.8 Å². The second-order valence-corrected chi connectivity index (χ2v) is 5.31. The second-order valence-electron chi connectivity index (χ2n) is 3.55. The van der Waals surface area contributed by atoms with Gasteiger partial charge in [0.05, 0.1) is 10.8 Å². The average molecular weight is 215 g/mol. The van der Waals surface area contributed by atoms with Crippen molar-refractivity contribution in [2.24, 2.45) is 0 Å². The minimum Gasteiger partial charge on any atom is -0.477 e. The van der Waals surface area contributed by atoms with E-state index >= 15 is 0 Å². The van der Waals surface area contributed by atoms with Crippen LogP contribution in [0.25, 0.3) is 0 Å². The van der Waals surface area contributed by atoms with Gasteiger partial charge in [-0.05, 0) is 6.42 Å². The molecular formula is C9H13NO3S.